The quantitative estimate of drug-likeness (QED) is 0.316. The number of halogens is 1. The van der Waals surface area contributed by atoms with Gasteiger partial charge in [-0.3, -0.25) is 14.5 Å². The van der Waals surface area contributed by atoms with Crippen molar-refractivity contribution in [3.8, 4) is 5.75 Å². The Bertz CT molecular complexity index is 1000. The lowest BCUT2D eigenvalue weighted by Gasteiger charge is -2.34. The molecule has 1 aliphatic rings. The first-order chi connectivity index (χ1) is 17.2. The second-order valence-corrected chi connectivity index (χ2v) is 10.2. The average molecular weight is 515 g/mol. The molecule has 1 saturated heterocycles. The first-order valence-corrected chi connectivity index (χ1v) is 13.0. The molecule has 2 aromatic rings. The van der Waals surface area contributed by atoms with Crippen LogP contribution in [0.5, 0.6) is 5.75 Å². The number of carbonyl (C=O) groups is 2. The summed E-state index contributed by atoms with van der Waals surface area (Å²) in [6.45, 7) is 6.20. The van der Waals surface area contributed by atoms with Crippen LogP contribution in [0.1, 0.15) is 35.2 Å². The molecule has 0 aromatic heterocycles. The highest BCUT2D eigenvalue weighted by Gasteiger charge is 2.19. The van der Waals surface area contributed by atoms with Gasteiger partial charge in [0.25, 0.3) is 0 Å². The molecule has 1 aliphatic heterocycles. The predicted octanol–water partition coefficient (Wildman–Crippen LogP) is 3.89. The van der Waals surface area contributed by atoms with Crippen molar-refractivity contribution in [2.24, 2.45) is 0 Å². The van der Waals surface area contributed by atoms with Gasteiger partial charge in [-0.25, -0.2) is 0 Å². The number of amides is 1. The molecule has 2 aromatic carbocycles. The summed E-state index contributed by atoms with van der Waals surface area (Å²) in [4.78, 5) is 33.2. The van der Waals surface area contributed by atoms with Crippen molar-refractivity contribution < 1.29 is 14.3 Å². The maximum atomic E-state index is 13.0. The second-order valence-electron chi connectivity index (χ2n) is 9.72. The topological polar surface area (TPSA) is 56.3 Å². The van der Waals surface area contributed by atoms with Crippen LogP contribution in [0.25, 0.3) is 0 Å². The molecule has 1 fully saturated rings. The highest BCUT2D eigenvalue weighted by molar-refractivity contribution is 6.30. The highest BCUT2D eigenvalue weighted by Crippen LogP contribution is 2.27. The summed E-state index contributed by atoms with van der Waals surface area (Å²) in [5.74, 6) is 0.908. The standard InChI is InChI=1S/C28H39ClN4O3/c1-30(2)26-20-24(12-13-25(26)28(35)22-8-10-23(29)11-9-22)36-19-7-5-6-14-32-15-17-33(18-16-32)21-27(34)31(3)4/h8-13,20H,5-7,14-19,21H2,1-4H3. The number of hydrogen-bond acceptors (Lipinski definition) is 6. The minimum absolute atomic E-state index is 0.0351. The van der Waals surface area contributed by atoms with E-state index < -0.39 is 0 Å². The van der Waals surface area contributed by atoms with Crippen LogP contribution in [0.15, 0.2) is 42.5 Å². The maximum Gasteiger partial charge on any atom is 0.236 e. The SMILES string of the molecule is CN(C)C(=O)CN1CCN(CCCCCOc2ccc(C(=O)c3ccc(Cl)cc3)c(N(C)C)c2)CC1. The van der Waals surface area contributed by atoms with Crippen LogP contribution in [0.3, 0.4) is 0 Å². The van der Waals surface area contributed by atoms with E-state index in [1.165, 1.54) is 0 Å². The molecule has 36 heavy (non-hydrogen) atoms. The van der Waals surface area contributed by atoms with Gasteiger partial charge >= 0.3 is 0 Å². The van der Waals surface area contributed by atoms with Gasteiger partial charge in [0.2, 0.25) is 5.91 Å². The van der Waals surface area contributed by atoms with Crippen LogP contribution in [0, 0.1) is 0 Å². The Kier molecular flexibility index (Phi) is 10.6. The van der Waals surface area contributed by atoms with E-state index in [4.69, 9.17) is 16.3 Å². The monoisotopic (exact) mass is 514 g/mol. The van der Waals surface area contributed by atoms with Gasteiger partial charge in [-0.15, -0.1) is 0 Å². The first kappa shape index (κ1) is 28.0. The predicted molar refractivity (Wildman–Crippen MR) is 147 cm³/mol. The van der Waals surface area contributed by atoms with E-state index in [9.17, 15) is 9.59 Å². The fourth-order valence-corrected chi connectivity index (χ4v) is 4.35. The summed E-state index contributed by atoms with van der Waals surface area (Å²) in [6.07, 6.45) is 3.23. The number of anilines is 1. The Balaban J connectivity index is 1.39. The van der Waals surface area contributed by atoms with Crippen LogP contribution < -0.4 is 9.64 Å². The molecule has 8 heteroatoms. The lowest BCUT2D eigenvalue weighted by Crippen LogP contribution is -2.49. The van der Waals surface area contributed by atoms with Gasteiger partial charge in [-0.1, -0.05) is 11.6 Å². The highest BCUT2D eigenvalue weighted by atomic mass is 35.5. The minimum Gasteiger partial charge on any atom is -0.494 e. The second kappa shape index (κ2) is 13.6. The van der Waals surface area contributed by atoms with Crippen LogP contribution in [-0.4, -0.2) is 100 Å². The molecule has 0 unspecified atom stereocenters. The van der Waals surface area contributed by atoms with Gasteiger partial charge in [0.1, 0.15) is 5.75 Å². The number of ketones is 1. The van der Waals surface area contributed by atoms with Crippen LogP contribution in [0.2, 0.25) is 5.02 Å². The van der Waals surface area contributed by atoms with E-state index in [0.29, 0.717) is 29.3 Å². The summed E-state index contributed by atoms with van der Waals surface area (Å²) >= 11 is 5.96. The summed E-state index contributed by atoms with van der Waals surface area (Å²) in [7, 11) is 7.47. The summed E-state index contributed by atoms with van der Waals surface area (Å²) in [5.41, 5.74) is 2.08. The van der Waals surface area contributed by atoms with Crippen molar-refractivity contribution in [3.63, 3.8) is 0 Å². The zero-order valence-corrected chi connectivity index (χ0v) is 22.8. The van der Waals surface area contributed by atoms with Gasteiger partial charge in [-0.05, 0) is 62.2 Å². The Hall–Kier alpha value is -2.61. The number of piperazine rings is 1. The molecule has 0 N–H and O–H groups in total. The van der Waals surface area contributed by atoms with Crippen LogP contribution >= 0.6 is 11.6 Å². The molecule has 0 saturated carbocycles. The summed E-state index contributed by atoms with van der Waals surface area (Å²) in [6, 6.07) is 12.6. The molecule has 1 heterocycles. The number of rotatable bonds is 12. The Morgan fingerprint density at radius 1 is 0.889 bits per heavy atom. The van der Waals surface area contributed by atoms with Gasteiger partial charge in [0.05, 0.1) is 18.8 Å². The summed E-state index contributed by atoms with van der Waals surface area (Å²) < 4.78 is 6.00. The smallest absolute Gasteiger partial charge is 0.236 e. The number of carbonyl (C=O) groups excluding carboxylic acids is 2. The maximum absolute atomic E-state index is 13.0. The third-order valence-corrected chi connectivity index (χ3v) is 6.76. The molecule has 0 aliphatic carbocycles. The molecule has 0 radical (unpaired) electrons. The zero-order chi connectivity index (χ0) is 26.1. The van der Waals surface area contributed by atoms with Gasteiger partial charge in [0.15, 0.2) is 5.78 Å². The fraction of sp³-hybridized carbons (Fsp3) is 0.500. The molecule has 1 amide bonds. The Morgan fingerprint density at radius 2 is 1.56 bits per heavy atom. The number of hydrogen-bond donors (Lipinski definition) is 0. The molecule has 0 atom stereocenters. The normalized spacial score (nSPS) is 14.5. The molecule has 3 rings (SSSR count). The molecule has 0 bridgehead atoms. The van der Waals surface area contributed by atoms with E-state index in [0.717, 1.165) is 63.4 Å². The Morgan fingerprint density at radius 3 is 2.19 bits per heavy atom. The number of benzene rings is 2. The van der Waals surface area contributed by atoms with E-state index in [1.54, 1.807) is 29.2 Å². The molecule has 196 valence electrons. The van der Waals surface area contributed by atoms with Gasteiger partial charge < -0.3 is 19.4 Å². The van der Waals surface area contributed by atoms with Crippen molar-refractivity contribution in [1.82, 2.24) is 14.7 Å². The molecule has 0 spiro atoms. The lowest BCUT2D eigenvalue weighted by molar-refractivity contribution is -0.130. The van der Waals surface area contributed by atoms with Crippen LogP contribution in [0.4, 0.5) is 5.69 Å². The van der Waals surface area contributed by atoms with Crippen molar-refractivity contribution >= 4 is 29.0 Å². The number of likely N-dealkylation sites (N-methyl/N-ethyl adjacent to an activating group) is 1. The minimum atomic E-state index is -0.0351. The van der Waals surface area contributed by atoms with Crippen LogP contribution in [-0.2, 0) is 4.79 Å². The number of ether oxygens (including phenoxy) is 1. The molecular weight excluding hydrogens is 476 g/mol. The van der Waals surface area contributed by atoms with E-state index in [2.05, 4.69) is 9.80 Å². The molecular formula is C28H39ClN4O3. The van der Waals surface area contributed by atoms with Gasteiger partial charge in [0, 0.05) is 76.6 Å². The van der Waals surface area contributed by atoms with Crippen molar-refractivity contribution in [1.29, 1.82) is 0 Å². The van der Waals surface area contributed by atoms with Crippen molar-refractivity contribution in [2.75, 3.05) is 79.0 Å². The van der Waals surface area contributed by atoms with E-state index in [1.807, 2.05) is 51.3 Å². The van der Waals surface area contributed by atoms with E-state index in [-0.39, 0.29) is 11.7 Å². The van der Waals surface area contributed by atoms with E-state index >= 15 is 0 Å². The zero-order valence-electron chi connectivity index (χ0n) is 22.0. The van der Waals surface area contributed by atoms with Crippen molar-refractivity contribution in [2.45, 2.75) is 19.3 Å². The third-order valence-electron chi connectivity index (χ3n) is 6.51. The fourth-order valence-electron chi connectivity index (χ4n) is 4.23. The molecule has 7 nitrogen and oxygen atoms in total. The third kappa shape index (κ3) is 8.22. The number of unbranched alkanes of at least 4 members (excludes halogenated alkanes) is 2. The lowest BCUT2D eigenvalue weighted by atomic mass is 10.0. The van der Waals surface area contributed by atoms with Gasteiger partial charge in [-0.2, -0.15) is 0 Å². The average Bonchev–Trinajstić information content (AvgIpc) is 2.87. The summed E-state index contributed by atoms with van der Waals surface area (Å²) in [5, 5.41) is 0.610. The number of nitrogens with zero attached hydrogens (tertiary/aromatic N) is 4. The first-order valence-electron chi connectivity index (χ1n) is 12.6. The Labute approximate surface area is 220 Å². The van der Waals surface area contributed by atoms with Crippen molar-refractivity contribution in [3.05, 3.63) is 58.6 Å². The largest absolute Gasteiger partial charge is 0.494 e.